The summed E-state index contributed by atoms with van der Waals surface area (Å²) in [6, 6.07) is 1.81. The van der Waals surface area contributed by atoms with Gasteiger partial charge in [0.25, 0.3) is 0 Å². The minimum Gasteiger partial charge on any atom is -0.330 e. The predicted molar refractivity (Wildman–Crippen MR) is 55.6 cm³/mol. The number of hydrogen-bond donors (Lipinski definition) is 1. The lowest BCUT2D eigenvalue weighted by Crippen LogP contribution is -2.39. The lowest BCUT2D eigenvalue weighted by molar-refractivity contribution is 0.129. The SMILES string of the molecule is CN1C2CCC1CC(CCCN)C2. The molecular weight excluding hydrogens is 160 g/mol. The first-order chi connectivity index (χ1) is 6.31. The van der Waals surface area contributed by atoms with Gasteiger partial charge in [0.15, 0.2) is 0 Å². The summed E-state index contributed by atoms with van der Waals surface area (Å²) in [5, 5.41) is 0. The zero-order valence-corrected chi connectivity index (χ0v) is 8.71. The van der Waals surface area contributed by atoms with E-state index < -0.39 is 0 Å². The minimum absolute atomic E-state index is 0.877. The van der Waals surface area contributed by atoms with Gasteiger partial charge in [-0.2, -0.15) is 0 Å². The number of nitrogens with zero attached hydrogens (tertiary/aromatic N) is 1. The topological polar surface area (TPSA) is 29.3 Å². The molecule has 76 valence electrons. The number of rotatable bonds is 3. The van der Waals surface area contributed by atoms with Crippen LogP contribution in [0, 0.1) is 5.92 Å². The molecule has 0 aromatic heterocycles. The summed E-state index contributed by atoms with van der Waals surface area (Å²) < 4.78 is 0. The summed E-state index contributed by atoms with van der Waals surface area (Å²) in [4.78, 5) is 2.61. The largest absolute Gasteiger partial charge is 0.330 e. The molecule has 0 spiro atoms. The van der Waals surface area contributed by atoms with E-state index in [-0.39, 0.29) is 0 Å². The normalized spacial score (nSPS) is 39.7. The number of fused-ring (bicyclic) bond motifs is 2. The third-order valence-corrected chi connectivity index (χ3v) is 4.01. The first kappa shape index (κ1) is 9.47. The average Bonchev–Trinajstić information content (AvgIpc) is 2.41. The van der Waals surface area contributed by atoms with Gasteiger partial charge in [-0.1, -0.05) is 0 Å². The average molecular weight is 182 g/mol. The molecule has 2 fully saturated rings. The van der Waals surface area contributed by atoms with Crippen LogP contribution in [-0.4, -0.2) is 30.6 Å². The van der Waals surface area contributed by atoms with Gasteiger partial charge in [-0.15, -0.1) is 0 Å². The molecule has 0 aromatic rings. The fourth-order valence-electron chi connectivity index (χ4n) is 3.17. The molecule has 13 heavy (non-hydrogen) atoms. The lowest BCUT2D eigenvalue weighted by Gasteiger charge is -2.36. The Morgan fingerprint density at radius 1 is 1.23 bits per heavy atom. The maximum atomic E-state index is 5.55. The van der Waals surface area contributed by atoms with E-state index in [4.69, 9.17) is 5.73 Å². The second-order valence-electron chi connectivity index (χ2n) is 4.82. The third-order valence-electron chi connectivity index (χ3n) is 4.01. The van der Waals surface area contributed by atoms with Crippen LogP contribution in [0.5, 0.6) is 0 Å². The van der Waals surface area contributed by atoms with Gasteiger partial charge < -0.3 is 10.6 Å². The molecule has 2 aliphatic heterocycles. The van der Waals surface area contributed by atoms with Crippen molar-refractivity contribution in [3.8, 4) is 0 Å². The zero-order chi connectivity index (χ0) is 9.26. The van der Waals surface area contributed by atoms with Gasteiger partial charge in [0.05, 0.1) is 0 Å². The molecule has 0 aromatic carbocycles. The highest BCUT2D eigenvalue weighted by Crippen LogP contribution is 2.38. The molecule has 2 unspecified atom stereocenters. The van der Waals surface area contributed by atoms with Crippen molar-refractivity contribution in [3.05, 3.63) is 0 Å². The second-order valence-corrected chi connectivity index (χ2v) is 4.82. The molecule has 2 aliphatic rings. The van der Waals surface area contributed by atoms with Gasteiger partial charge in [-0.05, 0) is 58.0 Å². The third kappa shape index (κ3) is 1.89. The first-order valence-corrected chi connectivity index (χ1v) is 5.73. The van der Waals surface area contributed by atoms with Crippen LogP contribution < -0.4 is 5.73 Å². The maximum Gasteiger partial charge on any atom is 0.00983 e. The summed E-state index contributed by atoms with van der Waals surface area (Å²) in [5.74, 6) is 0.984. The Hall–Kier alpha value is -0.0800. The van der Waals surface area contributed by atoms with E-state index in [1.54, 1.807) is 0 Å². The summed E-state index contributed by atoms with van der Waals surface area (Å²) in [6.45, 7) is 0.877. The maximum absolute atomic E-state index is 5.55. The molecule has 2 rings (SSSR count). The molecule has 0 radical (unpaired) electrons. The lowest BCUT2D eigenvalue weighted by atomic mass is 9.87. The van der Waals surface area contributed by atoms with Crippen LogP contribution in [-0.2, 0) is 0 Å². The number of piperidine rings is 1. The highest BCUT2D eigenvalue weighted by atomic mass is 15.2. The van der Waals surface area contributed by atoms with Crippen molar-refractivity contribution in [3.63, 3.8) is 0 Å². The fraction of sp³-hybridized carbons (Fsp3) is 1.00. The van der Waals surface area contributed by atoms with E-state index in [0.29, 0.717) is 0 Å². The molecule has 0 aliphatic carbocycles. The van der Waals surface area contributed by atoms with Gasteiger partial charge in [-0.3, -0.25) is 0 Å². The fourth-order valence-corrected chi connectivity index (χ4v) is 3.17. The molecule has 2 atom stereocenters. The highest BCUT2D eigenvalue weighted by Gasteiger charge is 2.37. The second kappa shape index (κ2) is 3.97. The van der Waals surface area contributed by atoms with E-state index in [1.807, 2.05) is 0 Å². The van der Waals surface area contributed by atoms with Gasteiger partial charge in [-0.25, -0.2) is 0 Å². The molecule has 2 heterocycles. The highest BCUT2D eigenvalue weighted by molar-refractivity contribution is 4.93. The van der Waals surface area contributed by atoms with Crippen molar-refractivity contribution in [2.75, 3.05) is 13.6 Å². The predicted octanol–water partition coefficient (Wildman–Crippen LogP) is 1.60. The molecule has 2 bridgehead atoms. The smallest absolute Gasteiger partial charge is 0.00983 e. The Balaban J connectivity index is 1.84. The van der Waals surface area contributed by atoms with Crippen molar-refractivity contribution >= 4 is 0 Å². The summed E-state index contributed by atoms with van der Waals surface area (Å²) >= 11 is 0. The first-order valence-electron chi connectivity index (χ1n) is 5.73. The minimum atomic E-state index is 0.877. The molecular formula is C11H22N2. The Morgan fingerprint density at radius 2 is 1.85 bits per heavy atom. The van der Waals surface area contributed by atoms with Crippen molar-refractivity contribution in [2.24, 2.45) is 11.7 Å². The monoisotopic (exact) mass is 182 g/mol. The number of nitrogens with two attached hydrogens (primary N) is 1. The zero-order valence-electron chi connectivity index (χ0n) is 8.71. The van der Waals surface area contributed by atoms with Crippen LogP contribution in [0.15, 0.2) is 0 Å². The van der Waals surface area contributed by atoms with E-state index in [0.717, 1.165) is 24.5 Å². The quantitative estimate of drug-likeness (QED) is 0.718. The van der Waals surface area contributed by atoms with Crippen molar-refractivity contribution in [1.29, 1.82) is 0 Å². The number of hydrogen-bond acceptors (Lipinski definition) is 2. The van der Waals surface area contributed by atoms with Crippen LogP contribution in [0.1, 0.15) is 38.5 Å². The molecule has 2 nitrogen and oxygen atoms in total. The summed E-state index contributed by atoms with van der Waals surface area (Å²) in [6.07, 6.45) is 8.37. The molecule has 0 saturated carbocycles. The molecule has 0 amide bonds. The van der Waals surface area contributed by atoms with Crippen molar-refractivity contribution < 1.29 is 0 Å². The summed E-state index contributed by atoms with van der Waals surface area (Å²) in [7, 11) is 2.31. The van der Waals surface area contributed by atoms with Gasteiger partial charge in [0.2, 0.25) is 0 Å². The van der Waals surface area contributed by atoms with Crippen LogP contribution in [0.3, 0.4) is 0 Å². The summed E-state index contributed by atoms with van der Waals surface area (Å²) in [5.41, 5.74) is 5.55. The molecule has 2 N–H and O–H groups in total. The van der Waals surface area contributed by atoms with Crippen molar-refractivity contribution in [1.82, 2.24) is 4.90 Å². The van der Waals surface area contributed by atoms with Crippen molar-refractivity contribution in [2.45, 2.75) is 50.6 Å². The van der Waals surface area contributed by atoms with Gasteiger partial charge >= 0.3 is 0 Å². The molecule has 2 heteroatoms. The Labute approximate surface area is 81.5 Å². The van der Waals surface area contributed by atoms with Crippen LogP contribution in [0.4, 0.5) is 0 Å². The Bertz CT molecular complexity index is 155. The van der Waals surface area contributed by atoms with E-state index in [2.05, 4.69) is 11.9 Å². The van der Waals surface area contributed by atoms with Crippen LogP contribution in [0.25, 0.3) is 0 Å². The molecule has 2 saturated heterocycles. The Morgan fingerprint density at radius 3 is 2.38 bits per heavy atom. The standard InChI is InChI=1S/C11H22N2/c1-13-10-4-5-11(13)8-9(7-10)3-2-6-12/h9-11H,2-8,12H2,1H3. The Kier molecular flexibility index (Phi) is 2.89. The van der Waals surface area contributed by atoms with Crippen LogP contribution >= 0.6 is 0 Å². The van der Waals surface area contributed by atoms with Gasteiger partial charge in [0, 0.05) is 12.1 Å². The van der Waals surface area contributed by atoms with Gasteiger partial charge in [0.1, 0.15) is 0 Å². The van der Waals surface area contributed by atoms with E-state index in [1.165, 1.54) is 38.5 Å². The van der Waals surface area contributed by atoms with E-state index >= 15 is 0 Å². The van der Waals surface area contributed by atoms with Crippen LogP contribution in [0.2, 0.25) is 0 Å². The van der Waals surface area contributed by atoms with E-state index in [9.17, 15) is 0 Å².